The molecule has 1 aliphatic heterocycles. The van der Waals surface area contributed by atoms with Crippen LogP contribution in [-0.2, 0) is 4.79 Å². The van der Waals surface area contributed by atoms with Gasteiger partial charge in [-0.1, -0.05) is 17.2 Å². The average Bonchev–Trinajstić information content (AvgIpc) is 3.35. The van der Waals surface area contributed by atoms with Crippen LogP contribution in [0.25, 0.3) is 11.5 Å². The number of anilines is 1. The second kappa shape index (κ2) is 7.24. The molecule has 1 N–H and O–H groups in total. The smallest absolute Gasteiger partial charge is 0.322 e. The van der Waals surface area contributed by atoms with Crippen molar-refractivity contribution in [1.29, 1.82) is 0 Å². The number of carbonyl (C=O) groups is 1. The molecule has 0 saturated heterocycles. The number of hydrogen-bond acceptors (Lipinski definition) is 8. The topological polar surface area (TPSA) is 105 Å². The average molecular weight is 369 g/mol. The summed E-state index contributed by atoms with van der Waals surface area (Å²) in [5.41, 5.74) is 0.650. The van der Waals surface area contributed by atoms with E-state index < -0.39 is 5.91 Å². The molecule has 0 fully saturated rings. The number of para-hydroxylation sites is 2. The number of amides is 1. The van der Waals surface area contributed by atoms with E-state index in [9.17, 15) is 4.79 Å². The minimum absolute atomic E-state index is 0.0312. The van der Waals surface area contributed by atoms with Crippen molar-refractivity contribution >= 4 is 11.9 Å². The Morgan fingerprint density at radius 1 is 1.11 bits per heavy atom. The standard InChI is InChI=1S/C18H15N3O6/c1-23-12-4-2-3-5-13(12)24-9-16(22)19-18-21-20-17(27-18)11-6-7-14-15(8-11)26-10-25-14/h2-8H,9-10H2,1H3,(H,19,21,22). The van der Waals surface area contributed by atoms with Crippen molar-refractivity contribution in [2.24, 2.45) is 0 Å². The van der Waals surface area contributed by atoms with Crippen LogP contribution in [0, 0.1) is 0 Å². The lowest BCUT2D eigenvalue weighted by molar-refractivity contribution is -0.118. The highest BCUT2D eigenvalue weighted by Crippen LogP contribution is 2.35. The second-order valence-electron chi connectivity index (χ2n) is 5.47. The van der Waals surface area contributed by atoms with Gasteiger partial charge in [0.05, 0.1) is 7.11 Å². The van der Waals surface area contributed by atoms with Gasteiger partial charge in [-0.15, -0.1) is 5.10 Å². The molecule has 0 spiro atoms. The number of rotatable bonds is 6. The molecule has 9 nitrogen and oxygen atoms in total. The zero-order chi connectivity index (χ0) is 18.6. The van der Waals surface area contributed by atoms with Crippen LogP contribution in [0.3, 0.4) is 0 Å². The van der Waals surface area contributed by atoms with Crippen molar-refractivity contribution in [3.8, 4) is 34.5 Å². The number of nitrogens with zero attached hydrogens (tertiary/aromatic N) is 2. The summed E-state index contributed by atoms with van der Waals surface area (Å²) in [7, 11) is 1.53. The molecule has 0 bridgehead atoms. The Morgan fingerprint density at radius 2 is 1.93 bits per heavy atom. The van der Waals surface area contributed by atoms with Gasteiger partial charge in [-0.2, -0.15) is 0 Å². The van der Waals surface area contributed by atoms with Crippen molar-refractivity contribution in [3.05, 3.63) is 42.5 Å². The lowest BCUT2D eigenvalue weighted by Gasteiger charge is -2.09. The highest BCUT2D eigenvalue weighted by Gasteiger charge is 2.17. The maximum Gasteiger partial charge on any atom is 0.322 e. The Bertz CT molecular complexity index is 971. The van der Waals surface area contributed by atoms with Crippen LogP contribution >= 0.6 is 0 Å². The minimum atomic E-state index is -0.443. The highest BCUT2D eigenvalue weighted by molar-refractivity contribution is 5.89. The predicted molar refractivity (Wildman–Crippen MR) is 93.0 cm³/mol. The summed E-state index contributed by atoms with van der Waals surface area (Å²) >= 11 is 0. The van der Waals surface area contributed by atoms with Gasteiger partial charge in [0.25, 0.3) is 5.91 Å². The van der Waals surface area contributed by atoms with E-state index in [1.165, 1.54) is 7.11 Å². The van der Waals surface area contributed by atoms with Gasteiger partial charge in [-0.25, -0.2) is 0 Å². The van der Waals surface area contributed by atoms with E-state index in [1.807, 2.05) is 6.07 Å². The molecule has 1 aliphatic rings. The van der Waals surface area contributed by atoms with Gasteiger partial charge < -0.3 is 23.4 Å². The largest absolute Gasteiger partial charge is 0.493 e. The number of hydrogen-bond donors (Lipinski definition) is 1. The Hall–Kier alpha value is -3.75. The summed E-state index contributed by atoms with van der Waals surface area (Å²) < 4.78 is 26.7. The number of benzene rings is 2. The van der Waals surface area contributed by atoms with Crippen LogP contribution in [0.1, 0.15) is 0 Å². The molecule has 0 radical (unpaired) electrons. The number of carbonyl (C=O) groups excluding carboxylic acids is 1. The molecule has 27 heavy (non-hydrogen) atoms. The van der Waals surface area contributed by atoms with Crippen LogP contribution in [0.4, 0.5) is 6.01 Å². The van der Waals surface area contributed by atoms with Gasteiger partial charge in [-0.3, -0.25) is 10.1 Å². The summed E-state index contributed by atoms with van der Waals surface area (Å²) in [5.74, 6) is 2.05. The van der Waals surface area contributed by atoms with Crippen LogP contribution in [0.15, 0.2) is 46.9 Å². The van der Waals surface area contributed by atoms with Crippen LogP contribution in [0.5, 0.6) is 23.0 Å². The van der Waals surface area contributed by atoms with Crippen LogP contribution in [0.2, 0.25) is 0 Å². The van der Waals surface area contributed by atoms with Crippen LogP contribution in [-0.4, -0.2) is 36.6 Å². The van der Waals surface area contributed by atoms with Gasteiger partial charge in [0.2, 0.25) is 12.7 Å². The normalized spacial score (nSPS) is 11.9. The third-order valence-corrected chi connectivity index (χ3v) is 3.72. The van der Waals surface area contributed by atoms with E-state index in [0.717, 1.165) is 0 Å². The van der Waals surface area contributed by atoms with Gasteiger partial charge >= 0.3 is 6.01 Å². The number of methoxy groups -OCH3 is 1. The summed E-state index contributed by atoms with van der Waals surface area (Å²) in [4.78, 5) is 12.0. The first-order valence-corrected chi connectivity index (χ1v) is 8.02. The molecule has 3 aromatic rings. The van der Waals surface area contributed by atoms with Crippen molar-refractivity contribution in [3.63, 3.8) is 0 Å². The van der Waals surface area contributed by atoms with Gasteiger partial charge in [0.15, 0.2) is 29.6 Å². The number of fused-ring (bicyclic) bond motifs is 1. The third kappa shape index (κ3) is 3.61. The van der Waals surface area contributed by atoms with E-state index in [2.05, 4.69) is 15.5 Å². The molecule has 0 saturated carbocycles. The maximum atomic E-state index is 12.0. The molecule has 1 amide bonds. The van der Waals surface area contributed by atoms with E-state index in [1.54, 1.807) is 36.4 Å². The molecule has 1 aromatic heterocycles. The summed E-state index contributed by atoms with van der Waals surface area (Å²) in [6.07, 6.45) is 0. The molecular formula is C18H15N3O6. The Morgan fingerprint density at radius 3 is 2.78 bits per heavy atom. The Labute approximate surface area is 153 Å². The quantitative estimate of drug-likeness (QED) is 0.707. The summed E-state index contributed by atoms with van der Waals surface area (Å²) in [6, 6.07) is 12.2. The van der Waals surface area contributed by atoms with E-state index in [-0.39, 0.29) is 25.3 Å². The number of aromatic nitrogens is 2. The lowest BCUT2D eigenvalue weighted by atomic mass is 10.2. The zero-order valence-electron chi connectivity index (χ0n) is 14.3. The monoisotopic (exact) mass is 369 g/mol. The van der Waals surface area contributed by atoms with E-state index >= 15 is 0 Å². The van der Waals surface area contributed by atoms with E-state index in [4.69, 9.17) is 23.4 Å². The lowest BCUT2D eigenvalue weighted by Crippen LogP contribution is -2.20. The molecule has 2 heterocycles. The highest BCUT2D eigenvalue weighted by atomic mass is 16.7. The van der Waals surface area contributed by atoms with Crippen molar-refractivity contribution in [2.45, 2.75) is 0 Å². The maximum absolute atomic E-state index is 12.0. The molecule has 0 atom stereocenters. The predicted octanol–water partition coefficient (Wildman–Crippen LogP) is 2.49. The fourth-order valence-corrected chi connectivity index (χ4v) is 2.46. The SMILES string of the molecule is COc1ccccc1OCC(=O)Nc1nnc(-c2ccc3c(c2)OCO3)o1. The second-order valence-corrected chi connectivity index (χ2v) is 5.47. The molecule has 0 unspecified atom stereocenters. The molecule has 9 heteroatoms. The summed E-state index contributed by atoms with van der Waals surface area (Å²) in [6.45, 7) is -0.0573. The molecule has 2 aromatic carbocycles. The van der Waals surface area contributed by atoms with Gasteiger partial charge in [-0.05, 0) is 30.3 Å². The van der Waals surface area contributed by atoms with Crippen molar-refractivity contribution < 1.29 is 28.2 Å². The zero-order valence-corrected chi connectivity index (χ0v) is 14.3. The molecule has 0 aliphatic carbocycles. The fourth-order valence-electron chi connectivity index (χ4n) is 2.46. The summed E-state index contributed by atoms with van der Waals surface area (Å²) in [5, 5.41) is 10.2. The minimum Gasteiger partial charge on any atom is -0.493 e. The first kappa shape index (κ1) is 16.7. The van der Waals surface area contributed by atoms with Gasteiger partial charge in [0.1, 0.15) is 0 Å². The van der Waals surface area contributed by atoms with Crippen molar-refractivity contribution in [2.75, 3.05) is 25.8 Å². The van der Waals surface area contributed by atoms with Crippen molar-refractivity contribution in [1.82, 2.24) is 10.2 Å². The first-order chi connectivity index (χ1) is 13.2. The van der Waals surface area contributed by atoms with E-state index in [0.29, 0.717) is 28.6 Å². The first-order valence-electron chi connectivity index (χ1n) is 8.02. The Kier molecular flexibility index (Phi) is 4.48. The number of nitrogens with one attached hydrogen (secondary N) is 1. The Balaban J connectivity index is 1.38. The van der Waals surface area contributed by atoms with Crippen LogP contribution < -0.4 is 24.3 Å². The molecule has 138 valence electrons. The van der Waals surface area contributed by atoms with Gasteiger partial charge in [0, 0.05) is 5.56 Å². The third-order valence-electron chi connectivity index (χ3n) is 3.72. The molecule has 4 rings (SSSR count). The fraction of sp³-hybridized carbons (Fsp3) is 0.167. The number of ether oxygens (including phenoxy) is 4. The molecular weight excluding hydrogens is 354 g/mol.